The molecule has 98 valence electrons. The lowest BCUT2D eigenvalue weighted by Gasteiger charge is -2.13. The molecule has 0 spiro atoms. The van der Waals surface area contributed by atoms with Crippen LogP contribution in [0.15, 0.2) is 36.4 Å². The van der Waals surface area contributed by atoms with Crippen molar-refractivity contribution in [1.82, 2.24) is 0 Å². The van der Waals surface area contributed by atoms with E-state index in [-0.39, 0.29) is 15.7 Å². The zero-order chi connectivity index (χ0) is 13.4. The molecule has 1 nitrogen and oxygen atoms in total. The van der Waals surface area contributed by atoms with Crippen LogP contribution in [-0.4, -0.2) is 0 Å². The minimum atomic E-state index is -0.372. The van der Waals surface area contributed by atoms with Gasteiger partial charge in [-0.05, 0) is 22.8 Å². The number of hydrogen-bond acceptors (Lipinski definition) is 1. The van der Waals surface area contributed by atoms with Crippen molar-refractivity contribution in [3.63, 3.8) is 0 Å². The van der Waals surface area contributed by atoms with Gasteiger partial charge in [0.05, 0.1) is 23.1 Å². The van der Waals surface area contributed by atoms with E-state index in [4.69, 9.17) is 16.3 Å². The Kier molecular flexibility index (Phi) is 3.61. The Balaban J connectivity index is 2.00. The van der Waals surface area contributed by atoms with Gasteiger partial charge in [0.25, 0.3) is 0 Å². The van der Waals surface area contributed by atoms with Gasteiger partial charge in [-0.1, -0.05) is 57.9 Å². The summed E-state index contributed by atoms with van der Waals surface area (Å²) in [4.78, 5) is -0.211. The van der Waals surface area contributed by atoms with Crippen LogP contribution in [0.1, 0.15) is 27.1 Å². The first kappa shape index (κ1) is 13.1. The van der Waals surface area contributed by atoms with Crippen molar-refractivity contribution in [2.75, 3.05) is 0 Å². The maximum absolute atomic E-state index is 14.0. The summed E-state index contributed by atoms with van der Waals surface area (Å²) in [5.41, 5.74) is 3.93. The van der Waals surface area contributed by atoms with Gasteiger partial charge in [0.1, 0.15) is 5.82 Å². The summed E-state index contributed by atoms with van der Waals surface area (Å²) in [6.45, 7) is 1.29. The summed E-state index contributed by atoms with van der Waals surface area (Å²) >= 11 is 9.37. The first-order valence-electron chi connectivity index (χ1n) is 5.94. The number of hydrogen-bond donors (Lipinski definition) is 0. The largest absolute Gasteiger partial charge is 0.372 e. The second-order valence-electron chi connectivity index (χ2n) is 4.53. The second-order valence-corrected chi connectivity index (χ2v) is 5.85. The van der Waals surface area contributed by atoms with Crippen molar-refractivity contribution >= 4 is 27.5 Å². The van der Waals surface area contributed by atoms with Crippen LogP contribution in [-0.2, 0) is 18.0 Å². The highest BCUT2D eigenvalue weighted by molar-refractivity contribution is 9.09. The summed E-state index contributed by atoms with van der Waals surface area (Å²) in [6, 6.07) is 11.1. The molecule has 0 saturated heterocycles. The summed E-state index contributed by atoms with van der Waals surface area (Å²) in [6.07, 6.45) is 0. The quantitative estimate of drug-likeness (QED) is 0.699. The van der Waals surface area contributed by atoms with Crippen LogP contribution in [0, 0.1) is 5.82 Å². The summed E-state index contributed by atoms with van der Waals surface area (Å²) in [5.74, 6) is -0.372. The molecule has 4 heteroatoms. The van der Waals surface area contributed by atoms with E-state index < -0.39 is 0 Å². The Morgan fingerprint density at radius 2 is 1.95 bits per heavy atom. The van der Waals surface area contributed by atoms with Crippen LogP contribution in [0.2, 0.25) is 5.02 Å². The SMILES string of the molecule is Fc1c(Cl)cccc1C(Br)c1ccc2c(c1)COC2. The Morgan fingerprint density at radius 3 is 2.79 bits per heavy atom. The Bertz CT molecular complexity index is 630. The monoisotopic (exact) mass is 340 g/mol. The molecule has 1 atom stereocenters. The Labute approximate surface area is 124 Å². The lowest BCUT2D eigenvalue weighted by molar-refractivity contribution is 0.134. The molecule has 0 fully saturated rings. The molecule has 0 radical (unpaired) electrons. The fourth-order valence-corrected chi connectivity index (χ4v) is 3.07. The minimum absolute atomic E-state index is 0.145. The third-order valence-corrected chi connectivity index (χ3v) is 4.61. The third-order valence-electron chi connectivity index (χ3n) is 3.29. The molecule has 2 aromatic carbocycles. The first-order chi connectivity index (χ1) is 9.16. The summed E-state index contributed by atoms with van der Waals surface area (Å²) in [5, 5.41) is 0.145. The fourth-order valence-electron chi connectivity index (χ4n) is 2.25. The molecule has 0 N–H and O–H groups in total. The van der Waals surface area contributed by atoms with E-state index in [1.165, 1.54) is 11.1 Å². The van der Waals surface area contributed by atoms with E-state index in [0.29, 0.717) is 18.8 Å². The topological polar surface area (TPSA) is 9.23 Å². The van der Waals surface area contributed by atoms with E-state index in [1.807, 2.05) is 12.1 Å². The predicted molar refractivity (Wildman–Crippen MR) is 77.1 cm³/mol. The zero-order valence-corrected chi connectivity index (χ0v) is 12.3. The van der Waals surface area contributed by atoms with Gasteiger partial charge in [-0.3, -0.25) is 0 Å². The number of fused-ring (bicyclic) bond motifs is 1. The minimum Gasteiger partial charge on any atom is -0.372 e. The standard InChI is InChI=1S/C15H11BrClFO/c16-14(12-2-1-3-13(17)15(12)18)9-4-5-10-7-19-8-11(10)6-9/h1-6,14H,7-8H2. The molecule has 0 saturated carbocycles. The molecular weight excluding hydrogens is 331 g/mol. The van der Waals surface area contributed by atoms with E-state index in [0.717, 1.165) is 5.56 Å². The molecule has 0 bridgehead atoms. The molecule has 2 aromatic rings. The van der Waals surface area contributed by atoms with E-state index >= 15 is 0 Å². The molecule has 0 aliphatic carbocycles. The smallest absolute Gasteiger partial charge is 0.146 e. The number of benzene rings is 2. The Morgan fingerprint density at radius 1 is 1.16 bits per heavy atom. The van der Waals surface area contributed by atoms with Gasteiger partial charge in [-0.25, -0.2) is 4.39 Å². The lowest BCUT2D eigenvalue weighted by atomic mass is 10.00. The van der Waals surface area contributed by atoms with Crippen molar-refractivity contribution < 1.29 is 9.13 Å². The molecule has 1 aliphatic heterocycles. The summed E-state index contributed by atoms with van der Waals surface area (Å²) in [7, 11) is 0. The van der Waals surface area contributed by atoms with Crippen LogP contribution < -0.4 is 0 Å². The van der Waals surface area contributed by atoms with Gasteiger partial charge in [-0.15, -0.1) is 0 Å². The van der Waals surface area contributed by atoms with Crippen molar-refractivity contribution in [1.29, 1.82) is 0 Å². The Hall–Kier alpha value is -0.900. The van der Waals surface area contributed by atoms with Gasteiger partial charge < -0.3 is 4.74 Å². The molecule has 1 heterocycles. The molecule has 19 heavy (non-hydrogen) atoms. The maximum Gasteiger partial charge on any atom is 0.146 e. The molecule has 1 unspecified atom stereocenters. The first-order valence-corrected chi connectivity index (χ1v) is 7.23. The zero-order valence-electron chi connectivity index (χ0n) is 10.00. The van der Waals surface area contributed by atoms with E-state index in [2.05, 4.69) is 22.0 Å². The normalized spacial score (nSPS) is 15.3. The number of rotatable bonds is 2. The van der Waals surface area contributed by atoms with Crippen LogP contribution in [0.3, 0.4) is 0 Å². The third kappa shape index (κ3) is 2.42. The van der Waals surface area contributed by atoms with Gasteiger partial charge in [0.15, 0.2) is 0 Å². The van der Waals surface area contributed by atoms with Gasteiger partial charge in [-0.2, -0.15) is 0 Å². The molecule has 3 rings (SSSR count). The van der Waals surface area contributed by atoms with Crippen molar-refractivity contribution in [3.8, 4) is 0 Å². The van der Waals surface area contributed by atoms with Crippen LogP contribution in [0.5, 0.6) is 0 Å². The summed E-state index contributed by atoms with van der Waals surface area (Å²) < 4.78 is 19.4. The van der Waals surface area contributed by atoms with Gasteiger partial charge >= 0.3 is 0 Å². The van der Waals surface area contributed by atoms with Crippen molar-refractivity contribution in [2.45, 2.75) is 18.0 Å². The average molecular weight is 342 g/mol. The predicted octanol–water partition coefficient (Wildman–Crippen LogP) is 4.99. The highest BCUT2D eigenvalue weighted by atomic mass is 79.9. The van der Waals surface area contributed by atoms with Crippen molar-refractivity contribution in [2.24, 2.45) is 0 Å². The fraction of sp³-hybridized carbons (Fsp3) is 0.200. The lowest BCUT2D eigenvalue weighted by Crippen LogP contribution is -1.98. The highest BCUT2D eigenvalue weighted by Gasteiger charge is 2.19. The highest BCUT2D eigenvalue weighted by Crippen LogP contribution is 2.36. The van der Waals surface area contributed by atoms with Crippen LogP contribution in [0.25, 0.3) is 0 Å². The second kappa shape index (κ2) is 5.23. The molecule has 1 aliphatic rings. The molecule has 0 amide bonds. The maximum atomic E-state index is 14.0. The number of alkyl halides is 1. The van der Waals surface area contributed by atoms with Gasteiger partial charge in [0.2, 0.25) is 0 Å². The van der Waals surface area contributed by atoms with Crippen LogP contribution >= 0.6 is 27.5 Å². The number of halogens is 3. The average Bonchev–Trinajstić information content (AvgIpc) is 2.88. The van der Waals surface area contributed by atoms with E-state index in [1.54, 1.807) is 18.2 Å². The van der Waals surface area contributed by atoms with E-state index in [9.17, 15) is 4.39 Å². The van der Waals surface area contributed by atoms with Crippen molar-refractivity contribution in [3.05, 3.63) is 69.5 Å². The van der Waals surface area contributed by atoms with Crippen LogP contribution in [0.4, 0.5) is 4.39 Å². The molecule has 0 aromatic heterocycles. The number of ether oxygens (including phenoxy) is 1. The van der Waals surface area contributed by atoms with Gasteiger partial charge in [0, 0.05) is 5.56 Å². The molecular formula is C15H11BrClFO.